The first-order valence-corrected chi connectivity index (χ1v) is 9.30. The molecule has 2 rings (SSSR count). The number of carbonyl (C=O) groups excluding carboxylic acids is 1. The van der Waals surface area contributed by atoms with E-state index in [4.69, 9.17) is 0 Å². The minimum Gasteiger partial charge on any atom is -0.356 e. The topological polar surface area (TPSA) is 44.4 Å². The lowest BCUT2D eigenvalue weighted by Gasteiger charge is -2.23. The lowest BCUT2D eigenvalue weighted by atomic mass is 10.2. The first-order valence-electron chi connectivity index (χ1n) is 8.15. The summed E-state index contributed by atoms with van der Waals surface area (Å²) < 4.78 is 0. The molecule has 132 valence electrons. The zero-order chi connectivity index (χ0) is 14.0. The van der Waals surface area contributed by atoms with E-state index < -0.39 is 0 Å². The Kier molecular flexibility index (Phi) is 13.9. The molecule has 2 N–H and O–H groups in total. The highest BCUT2D eigenvalue weighted by atomic mass is 35.5. The molecule has 2 aliphatic rings. The monoisotopic (exact) mass is 371 g/mol. The zero-order valence-electron chi connectivity index (χ0n) is 13.3. The number of thioether (sulfide) groups is 1. The predicted molar refractivity (Wildman–Crippen MR) is 101 cm³/mol. The number of hydrogen-bond donors (Lipinski definition) is 2. The summed E-state index contributed by atoms with van der Waals surface area (Å²) in [6.07, 6.45) is 7.18. The maximum atomic E-state index is 11.8. The summed E-state index contributed by atoms with van der Waals surface area (Å²) in [7, 11) is 0. The van der Waals surface area contributed by atoms with Gasteiger partial charge in [-0.05, 0) is 38.9 Å². The summed E-state index contributed by atoms with van der Waals surface area (Å²) in [5, 5.41) is 6.48. The standard InChI is InChI=1S/C15H29N3OS.2ClH/c19-15(12-14-13-20-11-7-16-14)17-6-5-10-18-8-3-1-2-4-9-18;;/h14,16H,1-13H2,(H,17,19);2*1H. The van der Waals surface area contributed by atoms with Crippen LogP contribution in [0.25, 0.3) is 0 Å². The van der Waals surface area contributed by atoms with Crippen LogP contribution in [-0.4, -0.2) is 61.1 Å². The van der Waals surface area contributed by atoms with Gasteiger partial charge in [0.15, 0.2) is 0 Å². The van der Waals surface area contributed by atoms with Crippen LogP contribution in [0.1, 0.15) is 38.5 Å². The van der Waals surface area contributed by atoms with Crippen LogP contribution < -0.4 is 10.6 Å². The molecule has 22 heavy (non-hydrogen) atoms. The van der Waals surface area contributed by atoms with Gasteiger partial charge in [0.05, 0.1) is 0 Å². The quantitative estimate of drug-likeness (QED) is 0.703. The molecule has 0 bridgehead atoms. The zero-order valence-corrected chi connectivity index (χ0v) is 15.8. The fraction of sp³-hybridized carbons (Fsp3) is 0.933. The second kappa shape index (κ2) is 13.7. The van der Waals surface area contributed by atoms with Crippen molar-refractivity contribution >= 4 is 42.5 Å². The number of hydrogen-bond acceptors (Lipinski definition) is 4. The second-order valence-corrected chi connectivity index (χ2v) is 7.04. The molecule has 0 aromatic heterocycles. The fourth-order valence-corrected chi connectivity index (χ4v) is 3.89. The third-order valence-corrected chi connectivity index (χ3v) is 5.23. The van der Waals surface area contributed by atoms with Crippen LogP contribution >= 0.6 is 36.6 Å². The predicted octanol–water partition coefficient (Wildman–Crippen LogP) is 2.31. The van der Waals surface area contributed by atoms with Gasteiger partial charge in [0, 0.05) is 37.1 Å². The van der Waals surface area contributed by atoms with Crippen LogP contribution in [0.15, 0.2) is 0 Å². The highest BCUT2D eigenvalue weighted by molar-refractivity contribution is 7.99. The van der Waals surface area contributed by atoms with E-state index in [9.17, 15) is 4.79 Å². The van der Waals surface area contributed by atoms with Crippen LogP contribution in [0.3, 0.4) is 0 Å². The van der Waals surface area contributed by atoms with Crippen LogP contribution in [-0.2, 0) is 4.79 Å². The average Bonchev–Trinajstić information content (AvgIpc) is 2.73. The lowest BCUT2D eigenvalue weighted by Crippen LogP contribution is -2.41. The van der Waals surface area contributed by atoms with Crippen molar-refractivity contribution in [3.8, 4) is 0 Å². The minimum atomic E-state index is 0. The molecule has 0 spiro atoms. The summed E-state index contributed by atoms with van der Waals surface area (Å²) in [5.41, 5.74) is 0. The van der Waals surface area contributed by atoms with Crippen molar-refractivity contribution in [2.45, 2.75) is 44.6 Å². The number of halogens is 2. The third kappa shape index (κ3) is 9.46. The van der Waals surface area contributed by atoms with E-state index in [1.807, 2.05) is 11.8 Å². The summed E-state index contributed by atoms with van der Waals surface area (Å²) in [4.78, 5) is 14.4. The maximum Gasteiger partial charge on any atom is 0.221 e. The van der Waals surface area contributed by atoms with Gasteiger partial charge in [-0.25, -0.2) is 0 Å². The van der Waals surface area contributed by atoms with Crippen molar-refractivity contribution in [2.75, 3.05) is 44.2 Å². The number of likely N-dealkylation sites (tertiary alicyclic amines) is 1. The van der Waals surface area contributed by atoms with Gasteiger partial charge in [-0.15, -0.1) is 24.8 Å². The van der Waals surface area contributed by atoms with Crippen LogP contribution in [0.4, 0.5) is 0 Å². The maximum absolute atomic E-state index is 11.8. The minimum absolute atomic E-state index is 0. The van der Waals surface area contributed by atoms with E-state index in [0.717, 1.165) is 31.8 Å². The van der Waals surface area contributed by atoms with Gasteiger partial charge in [-0.1, -0.05) is 12.8 Å². The van der Waals surface area contributed by atoms with E-state index in [2.05, 4.69) is 15.5 Å². The molecule has 7 heteroatoms. The Bertz CT molecular complexity index is 284. The molecule has 0 saturated carbocycles. The molecular weight excluding hydrogens is 341 g/mol. The molecule has 0 aliphatic carbocycles. The Balaban J connectivity index is 0.00000220. The molecule has 0 radical (unpaired) electrons. The Hall–Kier alpha value is 0.320. The molecule has 2 aliphatic heterocycles. The molecule has 1 unspecified atom stereocenters. The van der Waals surface area contributed by atoms with Crippen molar-refractivity contribution in [1.29, 1.82) is 0 Å². The van der Waals surface area contributed by atoms with E-state index in [1.54, 1.807) is 0 Å². The van der Waals surface area contributed by atoms with Crippen molar-refractivity contribution in [3.63, 3.8) is 0 Å². The van der Waals surface area contributed by atoms with E-state index in [1.165, 1.54) is 44.5 Å². The third-order valence-electron chi connectivity index (χ3n) is 4.10. The number of rotatable bonds is 6. The summed E-state index contributed by atoms with van der Waals surface area (Å²) in [6, 6.07) is 0.374. The molecular formula is C15H31Cl2N3OS. The van der Waals surface area contributed by atoms with Gasteiger partial charge in [-0.3, -0.25) is 4.79 Å². The van der Waals surface area contributed by atoms with E-state index in [0.29, 0.717) is 12.5 Å². The molecule has 4 nitrogen and oxygen atoms in total. The molecule has 2 saturated heterocycles. The summed E-state index contributed by atoms with van der Waals surface area (Å²) in [5.74, 6) is 2.45. The number of nitrogens with zero attached hydrogens (tertiary/aromatic N) is 1. The number of amides is 1. The highest BCUT2D eigenvalue weighted by Gasteiger charge is 2.16. The Morgan fingerprint density at radius 2 is 1.91 bits per heavy atom. The molecule has 1 amide bonds. The van der Waals surface area contributed by atoms with Crippen molar-refractivity contribution in [2.24, 2.45) is 0 Å². The normalized spacial score (nSPS) is 22.8. The number of nitrogens with one attached hydrogen (secondary N) is 2. The lowest BCUT2D eigenvalue weighted by molar-refractivity contribution is -0.121. The molecule has 0 aromatic rings. The molecule has 1 atom stereocenters. The molecule has 2 fully saturated rings. The first kappa shape index (κ1) is 22.3. The van der Waals surface area contributed by atoms with Crippen molar-refractivity contribution < 1.29 is 4.79 Å². The van der Waals surface area contributed by atoms with Crippen molar-refractivity contribution in [3.05, 3.63) is 0 Å². The van der Waals surface area contributed by atoms with Gasteiger partial charge in [0.25, 0.3) is 0 Å². The van der Waals surface area contributed by atoms with Gasteiger partial charge in [0.1, 0.15) is 0 Å². The smallest absolute Gasteiger partial charge is 0.221 e. The Labute approximate surface area is 151 Å². The van der Waals surface area contributed by atoms with Gasteiger partial charge in [-0.2, -0.15) is 11.8 Å². The second-order valence-electron chi connectivity index (χ2n) is 5.89. The summed E-state index contributed by atoms with van der Waals surface area (Å²) in [6.45, 7) is 5.50. The van der Waals surface area contributed by atoms with Gasteiger partial charge in [0.2, 0.25) is 5.91 Å². The average molecular weight is 372 g/mol. The van der Waals surface area contributed by atoms with E-state index >= 15 is 0 Å². The van der Waals surface area contributed by atoms with Crippen LogP contribution in [0.2, 0.25) is 0 Å². The van der Waals surface area contributed by atoms with Crippen molar-refractivity contribution in [1.82, 2.24) is 15.5 Å². The van der Waals surface area contributed by atoms with Gasteiger partial charge >= 0.3 is 0 Å². The first-order chi connectivity index (χ1) is 9.84. The summed E-state index contributed by atoms with van der Waals surface area (Å²) >= 11 is 1.94. The van der Waals surface area contributed by atoms with Crippen LogP contribution in [0.5, 0.6) is 0 Å². The van der Waals surface area contributed by atoms with Crippen LogP contribution in [0, 0.1) is 0 Å². The molecule has 2 heterocycles. The fourth-order valence-electron chi connectivity index (χ4n) is 2.94. The molecule has 0 aromatic carbocycles. The Morgan fingerprint density at radius 3 is 2.55 bits per heavy atom. The Morgan fingerprint density at radius 1 is 1.18 bits per heavy atom. The van der Waals surface area contributed by atoms with Gasteiger partial charge < -0.3 is 15.5 Å². The SMILES string of the molecule is Cl.Cl.O=C(CC1CSCCN1)NCCCN1CCCCCC1. The van der Waals surface area contributed by atoms with E-state index in [-0.39, 0.29) is 30.7 Å². The largest absolute Gasteiger partial charge is 0.356 e. The highest BCUT2D eigenvalue weighted by Crippen LogP contribution is 2.10. The number of carbonyl (C=O) groups is 1.